The number of anilines is 1. The number of nitrogens with one attached hydrogen (secondary N) is 3. The average molecular weight is 362 g/mol. The van der Waals surface area contributed by atoms with Gasteiger partial charge in [-0.25, -0.2) is 0 Å². The molecule has 138 valence electrons. The number of aromatic nitrogens is 4. The van der Waals surface area contributed by atoms with Crippen LogP contribution in [-0.2, 0) is 0 Å². The number of nitrogens with zero attached hydrogens (tertiary/aromatic N) is 3. The Morgan fingerprint density at radius 3 is 2.52 bits per heavy atom. The zero-order valence-electron chi connectivity index (χ0n) is 14.9. The van der Waals surface area contributed by atoms with Crippen molar-refractivity contribution >= 4 is 5.82 Å². The van der Waals surface area contributed by atoms with Gasteiger partial charge in [-0.2, -0.15) is 5.10 Å². The van der Waals surface area contributed by atoms with Gasteiger partial charge in [-0.05, 0) is 55.5 Å². The number of phenolic OH excluding ortho intramolecular Hbond substituents is 1. The van der Waals surface area contributed by atoms with E-state index >= 15 is 0 Å². The molecule has 0 radical (unpaired) electrons. The summed E-state index contributed by atoms with van der Waals surface area (Å²) >= 11 is 0. The van der Waals surface area contributed by atoms with Crippen molar-refractivity contribution in [1.82, 2.24) is 25.7 Å². The lowest BCUT2D eigenvalue weighted by atomic mass is 10.00. The normalized spacial score (nSPS) is 24.1. The Morgan fingerprint density at radius 2 is 1.85 bits per heavy atom. The molecule has 0 spiro atoms. The van der Waals surface area contributed by atoms with Crippen molar-refractivity contribution in [3.05, 3.63) is 42.7 Å². The van der Waals surface area contributed by atoms with Crippen molar-refractivity contribution < 1.29 is 5.11 Å². The largest absolute Gasteiger partial charge is 0.507 e. The van der Waals surface area contributed by atoms with Gasteiger partial charge in [0.15, 0.2) is 0 Å². The number of hydrogen-bond donors (Lipinski definition) is 4. The van der Waals surface area contributed by atoms with E-state index in [1.807, 2.05) is 24.3 Å². The van der Waals surface area contributed by atoms with Crippen LogP contribution in [0.4, 0.5) is 5.82 Å². The molecule has 0 amide bonds. The van der Waals surface area contributed by atoms with Gasteiger partial charge in [0, 0.05) is 35.4 Å². The molecule has 4 N–H and O–H groups in total. The first-order chi connectivity index (χ1) is 13.2. The number of hydrogen-bond acceptors (Lipinski definition) is 6. The Kier molecular flexibility index (Phi) is 4.01. The third-order valence-corrected chi connectivity index (χ3v) is 5.59. The van der Waals surface area contributed by atoms with Gasteiger partial charge >= 0.3 is 0 Å². The molecule has 27 heavy (non-hydrogen) atoms. The van der Waals surface area contributed by atoms with Gasteiger partial charge in [0.25, 0.3) is 0 Å². The highest BCUT2D eigenvalue weighted by atomic mass is 16.3. The number of aromatic hydroxyl groups is 1. The van der Waals surface area contributed by atoms with Crippen LogP contribution in [0.15, 0.2) is 42.7 Å². The summed E-state index contributed by atoms with van der Waals surface area (Å²) in [5.74, 6) is 0.971. The minimum atomic E-state index is 0.179. The molecule has 0 unspecified atom stereocenters. The van der Waals surface area contributed by atoms with Gasteiger partial charge in [0.05, 0.1) is 11.9 Å². The third-order valence-electron chi connectivity index (χ3n) is 5.59. The Bertz CT molecular complexity index is 912. The van der Waals surface area contributed by atoms with E-state index in [2.05, 4.69) is 31.0 Å². The van der Waals surface area contributed by atoms with E-state index in [1.54, 1.807) is 18.5 Å². The molecule has 7 nitrogen and oxygen atoms in total. The molecule has 3 aromatic rings. The van der Waals surface area contributed by atoms with E-state index in [0.29, 0.717) is 29.4 Å². The van der Waals surface area contributed by atoms with E-state index < -0.39 is 0 Å². The van der Waals surface area contributed by atoms with Crippen molar-refractivity contribution in [3.8, 4) is 28.1 Å². The van der Waals surface area contributed by atoms with Gasteiger partial charge in [0.2, 0.25) is 0 Å². The summed E-state index contributed by atoms with van der Waals surface area (Å²) in [6.45, 7) is 0. The second-order valence-corrected chi connectivity index (χ2v) is 7.47. The van der Waals surface area contributed by atoms with Crippen molar-refractivity contribution in [2.24, 2.45) is 0 Å². The molecule has 2 aromatic heterocycles. The SMILES string of the molecule is Oc1cc(-c2cn[nH]c2)ccc1-c1ccc(NC2C[C@H]3CC[C@H](C2)N3)nn1. The summed E-state index contributed by atoms with van der Waals surface area (Å²) in [5, 5.41) is 32.9. The fraction of sp³-hybridized carbons (Fsp3) is 0.350. The summed E-state index contributed by atoms with van der Waals surface area (Å²) in [5.41, 5.74) is 3.15. The van der Waals surface area contributed by atoms with Crippen LogP contribution in [0.25, 0.3) is 22.4 Å². The summed E-state index contributed by atoms with van der Waals surface area (Å²) in [6, 6.07) is 11.1. The summed E-state index contributed by atoms with van der Waals surface area (Å²) in [7, 11) is 0. The first-order valence-electron chi connectivity index (χ1n) is 9.43. The zero-order valence-corrected chi connectivity index (χ0v) is 14.9. The predicted octanol–water partition coefficient (Wildman–Crippen LogP) is 2.93. The quantitative estimate of drug-likeness (QED) is 0.570. The van der Waals surface area contributed by atoms with Gasteiger partial charge in [-0.15, -0.1) is 10.2 Å². The Balaban J connectivity index is 1.31. The summed E-state index contributed by atoms with van der Waals surface area (Å²) < 4.78 is 0. The maximum atomic E-state index is 10.4. The molecule has 2 aliphatic rings. The van der Waals surface area contributed by atoms with Crippen molar-refractivity contribution in [1.29, 1.82) is 0 Å². The lowest BCUT2D eigenvalue weighted by molar-refractivity contribution is 0.377. The third kappa shape index (κ3) is 3.26. The van der Waals surface area contributed by atoms with Crippen LogP contribution in [0.5, 0.6) is 5.75 Å². The van der Waals surface area contributed by atoms with Gasteiger partial charge in [-0.1, -0.05) is 6.07 Å². The molecule has 4 heterocycles. The van der Waals surface area contributed by atoms with Gasteiger partial charge < -0.3 is 15.7 Å². The van der Waals surface area contributed by atoms with E-state index in [1.165, 1.54) is 12.8 Å². The molecule has 2 fully saturated rings. The van der Waals surface area contributed by atoms with E-state index in [0.717, 1.165) is 29.8 Å². The molecule has 7 heteroatoms. The van der Waals surface area contributed by atoms with Crippen molar-refractivity contribution in [2.75, 3.05) is 5.32 Å². The highest BCUT2D eigenvalue weighted by Gasteiger charge is 2.33. The maximum absolute atomic E-state index is 10.4. The molecule has 5 rings (SSSR count). The van der Waals surface area contributed by atoms with Crippen LogP contribution in [0.3, 0.4) is 0 Å². The van der Waals surface area contributed by atoms with Crippen LogP contribution in [0, 0.1) is 0 Å². The fourth-order valence-electron chi connectivity index (χ4n) is 4.27. The van der Waals surface area contributed by atoms with E-state index in [4.69, 9.17) is 0 Å². The molecule has 0 saturated carbocycles. The van der Waals surface area contributed by atoms with Crippen LogP contribution < -0.4 is 10.6 Å². The van der Waals surface area contributed by atoms with Crippen LogP contribution in [0.1, 0.15) is 25.7 Å². The lowest BCUT2D eigenvalue weighted by Crippen LogP contribution is -2.43. The van der Waals surface area contributed by atoms with E-state index in [-0.39, 0.29) is 5.75 Å². The molecule has 0 aliphatic carbocycles. The Hall–Kier alpha value is -2.93. The van der Waals surface area contributed by atoms with Gasteiger partial charge in [-0.3, -0.25) is 5.10 Å². The smallest absolute Gasteiger partial charge is 0.148 e. The van der Waals surface area contributed by atoms with Crippen molar-refractivity contribution in [2.45, 2.75) is 43.8 Å². The Labute approximate surface area is 157 Å². The molecule has 2 atom stereocenters. The van der Waals surface area contributed by atoms with Crippen LogP contribution in [0.2, 0.25) is 0 Å². The number of fused-ring (bicyclic) bond motifs is 2. The second-order valence-electron chi connectivity index (χ2n) is 7.47. The topological polar surface area (TPSA) is 98.8 Å². The minimum absolute atomic E-state index is 0.179. The highest BCUT2D eigenvalue weighted by molar-refractivity contribution is 5.73. The van der Waals surface area contributed by atoms with E-state index in [9.17, 15) is 5.11 Å². The number of benzene rings is 1. The number of H-pyrrole nitrogens is 1. The predicted molar refractivity (Wildman–Crippen MR) is 103 cm³/mol. The van der Waals surface area contributed by atoms with Crippen LogP contribution in [-0.4, -0.2) is 43.6 Å². The second kappa shape index (κ2) is 6.66. The number of piperidine rings is 1. The molecular weight excluding hydrogens is 340 g/mol. The fourth-order valence-corrected chi connectivity index (χ4v) is 4.27. The number of phenols is 1. The lowest BCUT2D eigenvalue weighted by Gasteiger charge is -2.29. The molecule has 2 aliphatic heterocycles. The van der Waals surface area contributed by atoms with Gasteiger partial charge in [0.1, 0.15) is 11.6 Å². The maximum Gasteiger partial charge on any atom is 0.148 e. The first kappa shape index (κ1) is 16.3. The molecular formula is C20H22N6O. The molecule has 1 aromatic carbocycles. The summed E-state index contributed by atoms with van der Waals surface area (Å²) in [6.07, 6.45) is 8.35. The monoisotopic (exact) mass is 362 g/mol. The standard InChI is InChI=1S/C20H22N6O/c27-19-7-12(13-10-21-22-11-13)1-4-17(19)18-5-6-20(26-25-18)24-16-8-14-2-3-15(9-16)23-14/h1,4-7,10-11,14-16,23,27H,2-3,8-9H2,(H,21,22)(H,24,26)/t14-,15-/m1/s1. The molecule has 2 saturated heterocycles. The van der Waals surface area contributed by atoms with Crippen molar-refractivity contribution in [3.63, 3.8) is 0 Å². The molecule has 2 bridgehead atoms. The summed E-state index contributed by atoms with van der Waals surface area (Å²) in [4.78, 5) is 0. The zero-order chi connectivity index (χ0) is 18.2. The first-order valence-corrected chi connectivity index (χ1v) is 9.43. The number of rotatable bonds is 4. The minimum Gasteiger partial charge on any atom is -0.507 e. The Morgan fingerprint density at radius 1 is 1.00 bits per heavy atom. The van der Waals surface area contributed by atoms with Crippen LogP contribution >= 0.6 is 0 Å². The highest BCUT2D eigenvalue weighted by Crippen LogP contribution is 2.32. The average Bonchev–Trinajstić information content (AvgIpc) is 3.32. The number of aromatic amines is 1.